The average Bonchev–Trinajstić information content (AvgIpc) is 2.44. The molecule has 2 rings (SSSR count). The highest BCUT2D eigenvalue weighted by Crippen LogP contribution is 2.36. The van der Waals surface area contributed by atoms with Crippen LogP contribution in [0.4, 0.5) is 4.39 Å². The number of hydrogen-bond donors (Lipinski definition) is 2. The molecule has 1 aromatic rings. The third-order valence-electron chi connectivity index (χ3n) is 3.43. The fraction of sp³-hybridized carbons (Fsp3) is 0.333. The zero-order valence-electron chi connectivity index (χ0n) is 11.4. The van der Waals surface area contributed by atoms with E-state index < -0.39 is 38.9 Å². The van der Waals surface area contributed by atoms with Gasteiger partial charge in [-0.2, -0.15) is 0 Å². The minimum Gasteiger partial charge on any atom is -0.290 e. The lowest BCUT2D eigenvalue weighted by Crippen LogP contribution is -2.66. The molecule has 0 atom stereocenters. The fourth-order valence-corrected chi connectivity index (χ4v) is 3.49. The van der Waals surface area contributed by atoms with Crippen LogP contribution in [0.15, 0.2) is 18.2 Å². The van der Waals surface area contributed by atoms with E-state index in [9.17, 15) is 22.4 Å². The van der Waals surface area contributed by atoms with Crippen molar-refractivity contribution < 1.29 is 22.4 Å². The molecule has 0 bridgehead atoms. The zero-order valence-corrected chi connectivity index (χ0v) is 12.2. The van der Waals surface area contributed by atoms with Gasteiger partial charge in [-0.15, -0.1) is 0 Å². The van der Waals surface area contributed by atoms with E-state index >= 15 is 0 Å². The van der Waals surface area contributed by atoms with Crippen molar-refractivity contribution in [2.24, 2.45) is 5.84 Å². The van der Waals surface area contributed by atoms with Crippen LogP contribution in [0.3, 0.4) is 0 Å². The molecule has 0 spiro atoms. The monoisotopic (exact) mass is 315 g/mol. The Hall–Kier alpha value is -2.00. The highest BCUT2D eigenvalue weighted by atomic mass is 32.2. The van der Waals surface area contributed by atoms with Crippen LogP contribution in [0.1, 0.15) is 29.8 Å². The second-order valence-corrected chi connectivity index (χ2v) is 7.52. The highest BCUT2D eigenvalue weighted by molar-refractivity contribution is 7.94. The average molecular weight is 315 g/mol. The molecule has 0 aromatic heterocycles. The number of carbonyl (C=O) groups excluding carboxylic acids is 2. The first-order valence-electron chi connectivity index (χ1n) is 5.99. The number of nitrogens with two attached hydrogens (primary N) is 1. The number of carbonyl (C=O) groups is 2. The number of benzene rings is 1. The van der Waals surface area contributed by atoms with Crippen molar-refractivity contribution in [1.29, 1.82) is 0 Å². The Kier molecular flexibility index (Phi) is 3.50. The summed E-state index contributed by atoms with van der Waals surface area (Å²) in [5, 5.41) is 0. The van der Waals surface area contributed by atoms with Crippen molar-refractivity contribution in [3.63, 3.8) is 0 Å². The Morgan fingerprint density at radius 2 is 2.05 bits per heavy atom. The maximum atomic E-state index is 13.7. The Labute approximate surface area is 120 Å². The second-order valence-electron chi connectivity index (χ2n) is 5.11. The first-order valence-corrected chi connectivity index (χ1v) is 7.43. The molecule has 114 valence electrons. The quantitative estimate of drug-likeness (QED) is 0.459. The molecule has 2 amide bonds. The zero-order chi connectivity index (χ0) is 16.0. The number of rotatable bonds is 3. The molecule has 21 heavy (non-hydrogen) atoms. The minimum absolute atomic E-state index is 0.0681. The van der Waals surface area contributed by atoms with E-state index in [1.54, 1.807) is 0 Å². The Morgan fingerprint density at radius 3 is 2.57 bits per heavy atom. The van der Waals surface area contributed by atoms with Crippen LogP contribution < -0.4 is 11.3 Å². The Balaban J connectivity index is 2.33. The number of amides is 2. The lowest BCUT2D eigenvalue weighted by atomic mass is 10.1. The fourth-order valence-electron chi connectivity index (χ4n) is 1.99. The molecule has 3 N–H and O–H groups in total. The van der Waals surface area contributed by atoms with Crippen LogP contribution in [0.5, 0.6) is 0 Å². The van der Waals surface area contributed by atoms with Gasteiger partial charge in [0.2, 0.25) is 0 Å². The lowest BCUT2D eigenvalue weighted by Gasteiger charge is -2.43. The highest BCUT2D eigenvalue weighted by Gasteiger charge is 2.60. The van der Waals surface area contributed by atoms with Gasteiger partial charge in [0.1, 0.15) is 5.82 Å². The van der Waals surface area contributed by atoms with Crippen LogP contribution in [-0.4, -0.2) is 29.3 Å². The number of nitrogens with zero attached hydrogens (tertiary/aromatic N) is 1. The molecular weight excluding hydrogens is 301 g/mol. The summed E-state index contributed by atoms with van der Waals surface area (Å²) in [6.07, 6.45) is 0. The minimum atomic E-state index is -3.81. The van der Waals surface area contributed by atoms with Crippen LogP contribution in [0.2, 0.25) is 0 Å². The van der Waals surface area contributed by atoms with E-state index in [0.29, 0.717) is 4.31 Å². The smallest absolute Gasteiger partial charge is 0.265 e. The topological polar surface area (TPSA) is 110 Å². The predicted octanol–water partition coefficient (Wildman–Crippen LogP) is -0.120. The van der Waals surface area contributed by atoms with Gasteiger partial charge < -0.3 is 0 Å². The molecule has 7 nitrogen and oxygen atoms in total. The molecule has 0 aliphatic carbocycles. The van der Waals surface area contributed by atoms with E-state index in [0.717, 1.165) is 12.1 Å². The van der Waals surface area contributed by atoms with E-state index in [1.165, 1.54) is 19.9 Å². The molecule has 9 heteroatoms. The number of nitrogens with one attached hydrogen (secondary N) is 1. The van der Waals surface area contributed by atoms with Crippen molar-refractivity contribution in [3.8, 4) is 0 Å². The summed E-state index contributed by atoms with van der Waals surface area (Å²) < 4.78 is 36.7. The third kappa shape index (κ3) is 2.18. The van der Waals surface area contributed by atoms with Gasteiger partial charge in [0.25, 0.3) is 21.8 Å². The number of sulfonamides is 1. The van der Waals surface area contributed by atoms with Gasteiger partial charge in [0, 0.05) is 11.1 Å². The molecule has 0 saturated carbocycles. The van der Waals surface area contributed by atoms with Crippen molar-refractivity contribution in [3.05, 3.63) is 35.1 Å². The van der Waals surface area contributed by atoms with Crippen molar-refractivity contribution >= 4 is 21.8 Å². The predicted molar refractivity (Wildman–Crippen MR) is 71.6 cm³/mol. The molecule has 1 fully saturated rings. The van der Waals surface area contributed by atoms with Gasteiger partial charge in [0.15, 0.2) is 4.75 Å². The van der Waals surface area contributed by atoms with E-state index in [4.69, 9.17) is 5.84 Å². The molecule has 1 aliphatic rings. The van der Waals surface area contributed by atoms with E-state index in [1.807, 2.05) is 5.43 Å². The summed E-state index contributed by atoms with van der Waals surface area (Å²) in [5.41, 5.74) is 1.88. The van der Waals surface area contributed by atoms with Crippen molar-refractivity contribution in [2.75, 3.05) is 0 Å². The maximum Gasteiger partial charge on any atom is 0.265 e. The normalized spacial score (nSPS) is 19.0. The molecule has 1 aromatic carbocycles. The summed E-state index contributed by atoms with van der Waals surface area (Å²) in [4.78, 5) is 23.2. The third-order valence-corrected chi connectivity index (χ3v) is 5.77. The maximum absolute atomic E-state index is 13.7. The van der Waals surface area contributed by atoms with Crippen LogP contribution >= 0.6 is 0 Å². The Bertz CT molecular complexity index is 730. The van der Waals surface area contributed by atoms with Gasteiger partial charge in [-0.3, -0.25) is 15.0 Å². The van der Waals surface area contributed by atoms with Gasteiger partial charge in [0.05, 0.1) is 6.54 Å². The largest absolute Gasteiger partial charge is 0.290 e. The molecule has 1 saturated heterocycles. The summed E-state index contributed by atoms with van der Waals surface area (Å²) >= 11 is 0. The molecule has 1 heterocycles. The SMILES string of the molecule is CC1(C)C(=O)N(Cc2cc(C(=O)NN)ccc2F)S1(=O)=O. The van der Waals surface area contributed by atoms with E-state index in [2.05, 4.69) is 0 Å². The van der Waals surface area contributed by atoms with Gasteiger partial charge in [-0.25, -0.2) is 23.0 Å². The van der Waals surface area contributed by atoms with Crippen LogP contribution in [-0.2, 0) is 21.4 Å². The Morgan fingerprint density at radius 1 is 1.43 bits per heavy atom. The number of halogens is 1. The molecule has 1 aliphatic heterocycles. The van der Waals surface area contributed by atoms with Crippen LogP contribution in [0.25, 0.3) is 0 Å². The first-order chi connectivity index (χ1) is 9.62. The summed E-state index contributed by atoms with van der Waals surface area (Å²) in [6.45, 7) is 2.12. The molecular formula is C12H14FN3O4S. The summed E-state index contributed by atoms with van der Waals surface area (Å²) in [7, 11) is -3.81. The second kappa shape index (κ2) is 4.78. The van der Waals surface area contributed by atoms with Gasteiger partial charge >= 0.3 is 0 Å². The molecule has 0 unspecified atom stereocenters. The van der Waals surface area contributed by atoms with Gasteiger partial charge in [-0.05, 0) is 32.0 Å². The summed E-state index contributed by atoms with van der Waals surface area (Å²) in [5.74, 6) is 3.01. The van der Waals surface area contributed by atoms with Crippen LogP contribution in [0, 0.1) is 5.82 Å². The van der Waals surface area contributed by atoms with Gasteiger partial charge in [-0.1, -0.05) is 0 Å². The van der Waals surface area contributed by atoms with Crippen molar-refractivity contribution in [2.45, 2.75) is 25.1 Å². The first kappa shape index (κ1) is 15.4. The summed E-state index contributed by atoms with van der Waals surface area (Å²) in [6, 6.07) is 3.38. The number of hydrogen-bond acceptors (Lipinski definition) is 5. The standard InChI is InChI=1S/C12H14FN3O4S/c1-12(2)11(18)16(21(12,19)20)6-8-5-7(10(17)15-14)3-4-9(8)13/h3-5H,6,14H2,1-2H3,(H,15,17). The number of hydrazine groups is 1. The lowest BCUT2D eigenvalue weighted by molar-refractivity contribution is -0.132. The van der Waals surface area contributed by atoms with Crippen molar-refractivity contribution in [1.82, 2.24) is 9.73 Å². The number of nitrogen functional groups attached to an aromatic ring is 1. The van der Waals surface area contributed by atoms with E-state index in [-0.39, 0.29) is 11.1 Å². The molecule has 0 radical (unpaired) electrons.